The van der Waals surface area contributed by atoms with Crippen LogP contribution < -0.4 is 11.1 Å². The molecule has 1 aromatic rings. The number of rotatable bonds is 2. The van der Waals surface area contributed by atoms with Crippen LogP contribution in [0.5, 0.6) is 0 Å². The summed E-state index contributed by atoms with van der Waals surface area (Å²) < 4.78 is 0. The number of amides is 1. The van der Waals surface area contributed by atoms with Crippen molar-refractivity contribution in [2.45, 2.75) is 42.2 Å². The molecule has 1 saturated carbocycles. The monoisotopic (exact) mass is 298 g/mol. The van der Waals surface area contributed by atoms with Crippen molar-refractivity contribution in [3.63, 3.8) is 0 Å². The second-order valence-electron chi connectivity index (χ2n) is 5.21. The molecule has 0 spiro atoms. The molecule has 0 radical (unpaired) electrons. The summed E-state index contributed by atoms with van der Waals surface area (Å²) in [5, 5.41) is 3.14. The van der Waals surface area contributed by atoms with E-state index in [1.807, 2.05) is 23.9 Å². The minimum absolute atomic E-state index is 0. The van der Waals surface area contributed by atoms with E-state index in [9.17, 15) is 4.79 Å². The zero-order valence-electron chi connectivity index (χ0n) is 10.7. The summed E-state index contributed by atoms with van der Waals surface area (Å²) in [4.78, 5) is 13.5. The third kappa shape index (κ3) is 2.76. The topological polar surface area (TPSA) is 55.1 Å². The molecule has 3 rings (SSSR count). The van der Waals surface area contributed by atoms with Crippen LogP contribution in [0, 0.1) is 0 Å². The van der Waals surface area contributed by atoms with Crippen molar-refractivity contribution in [3.05, 3.63) is 29.8 Å². The first kappa shape index (κ1) is 14.7. The van der Waals surface area contributed by atoms with Crippen LogP contribution in [0.25, 0.3) is 0 Å². The van der Waals surface area contributed by atoms with Crippen molar-refractivity contribution in [1.82, 2.24) is 5.32 Å². The number of carbonyl (C=O) groups excluding carboxylic acids is 1. The molecule has 0 bridgehead atoms. The number of nitrogens with two attached hydrogens (primary N) is 1. The molecule has 1 aliphatic heterocycles. The lowest BCUT2D eigenvalue weighted by Crippen LogP contribution is -2.59. The third-order valence-corrected chi connectivity index (χ3v) is 5.08. The van der Waals surface area contributed by atoms with Crippen LogP contribution in [-0.4, -0.2) is 17.2 Å². The van der Waals surface area contributed by atoms with Gasteiger partial charge in [0.15, 0.2) is 0 Å². The number of thioether (sulfide) groups is 1. The molecule has 2 aliphatic rings. The first-order chi connectivity index (χ1) is 8.69. The Morgan fingerprint density at radius 2 is 2.11 bits per heavy atom. The summed E-state index contributed by atoms with van der Waals surface area (Å²) in [5.74, 6) is 1.08. The van der Waals surface area contributed by atoms with Gasteiger partial charge >= 0.3 is 0 Å². The molecule has 0 aromatic heterocycles. The maximum atomic E-state index is 12.2. The van der Waals surface area contributed by atoms with Gasteiger partial charge in [0, 0.05) is 10.6 Å². The number of nitrogens with one attached hydrogen (secondary N) is 1. The summed E-state index contributed by atoms with van der Waals surface area (Å²) in [6.45, 7) is 0. The van der Waals surface area contributed by atoms with Gasteiger partial charge < -0.3 is 11.1 Å². The summed E-state index contributed by atoms with van der Waals surface area (Å²) >= 11 is 1.86. The Morgan fingerprint density at radius 1 is 1.37 bits per heavy atom. The van der Waals surface area contributed by atoms with Gasteiger partial charge in [-0.1, -0.05) is 18.2 Å². The Balaban J connectivity index is 0.00000133. The van der Waals surface area contributed by atoms with Gasteiger partial charge in [0.25, 0.3) is 0 Å². The van der Waals surface area contributed by atoms with E-state index in [4.69, 9.17) is 5.73 Å². The zero-order chi connectivity index (χ0) is 12.6. The quantitative estimate of drug-likeness (QED) is 0.882. The number of benzene rings is 1. The van der Waals surface area contributed by atoms with Crippen LogP contribution in [0.2, 0.25) is 0 Å². The van der Waals surface area contributed by atoms with Crippen molar-refractivity contribution in [2.24, 2.45) is 5.73 Å². The van der Waals surface area contributed by atoms with Crippen LogP contribution in [0.15, 0.2) is 29.2 Å². The van der Waals surface area contributed by atoms with Gasteiger partial charge in [-0.2, -0.15) is 0 Å². The lowest BCUT2D eigenvalue weighted by atomic mass is 9.77. The van der Waals surface area contributed by atoms with Crippen molar-refractivity contribution in [1.29, 1.82) is 0 Å². The third-order valence-electron chi connectivity index (χ3n) is 3.96. The molecule has 1 heterocycles. The highest BCUT2D eigenvalue weighted by Crippen LogP contribution is 2.37. The van der Waals surface area contributed by atoms with Gasteiger partial charge in [0.2, 0.25) is 5.91 Å². The molecule has 1 amide bonds. The first-order valence-electron chi connectivity index (χ1n) is 6.51. The molecule has 3 nitrogen and oxygen atoms in total. The Bertz CT molecular complexity index is 476. The zero-order valence-corrected chi connectivity index (χ0v) is 12.4. The molecule has 1 unspecified atom stereocenters. The van der Waals surface area contributed by atoms with Gasteiger partial charge in [0.1, 0.15) is 0 Å². The number of hydrogen-bond acceptors (Lipinski definition) is 3. The Hall–Kier alpha value is -0.710. The summed E-state index contributed by atoms with van der Waals surface area (Å²) in [7, 11) is 0. The number of carbonyl (C=O) groups is 1. The van der Waals surface area contributed by atoms with Crippen molar-refractivity contribution in [3.8, 4) is 0 Å². The highest BCUT2D eigenvalue weighted by Gasteiger charge is 2.41. The van der Waals surface area contributed by atoms with Crippen molar-refractivity contribution < 1.29 is 4.79 Å². The van der Waals surface area contributed by atoms with Crippen LogP contribution in [0.3, 0.4) is 0 Å². The van der Waals surface area contributed by atoms with Crippen LogP contribution in [0.1, 0.15) is 37.3 Å². The van der Waals surface area contributed by atoms with Crippen LogP contribution in [-0.2, 0) is 4.79 Å². The fourth-order valence-electron chi connectivity index (χ4n) is 2.58. The Kier molecular flexibility index (Phi) is 4.43. The van der Waals surface area contributed by atoms with Crippen molar-refractivity contribution >= 4 is 30.1 Å². The molecule has 1 aliphatic carbocycles. The largest absolute Gasteiger partial charge is 0.348 e. The number of fused-ring (bicyclic) bond motifs is 1. The minimum atomic E-state index is -0.598. The van der Waals surface area contributed by atoms with Crippen molar-refractivity contribution in [2.75, 3.05) is 5.75 Å². The fourth-order valence-corrected chi connectivity index (χ4v) is 3.70. The normalized spacial score (nSPS) is 23.5. The maximum Gasteiger partial charge on any atom is 0.240 e. The van der Waals surface area contributed by atoms with E-state index in [1.54, 1.807) is 0 Å². The maximum absolute atomic E-state index is 12.2. The first-order valence-corrected chi connectivity index (χ1v) is 7.49. The highest BCUT2D eigenvalue weighted by molar-refractivity contribution is 7.99. The lowest BCUT2D eigenvalue weighted by molar-refractivity contribution is -0.130. The number of hydrogen-bond donors (Lipinski definition) is 2. The van der Waals surface area contributed by atoms with E-state index in [0.29, 0.717) is 0 Å². The molecule has 0 saturated heterocycles. The molecule has 19 heavy (non-hydrogen) atoms. The van der Waals surface area contributed by atoms with E-state index in [-0.39, 0.29) is 24.4 Å². The SMILES string of the molecule is Cl.NC1(C(=O)NC2CCSc3ccccc32)CCC1. The molecule has 1 aromatic carbocycles. The molecule has 104 valence electrons. The van der Waals surface area contributed by atoms with Gasteiger partial charge in [-0.15, -0.1) is 24.2 Å². The summed E-state index contributed by atoms with van der Waals surface area (Å²) in [5.41, 5.74) is 6.71. The van der Waals surface area contributed by atoms with Gasteiger partial charge in [-0.05, 0) is 37.3 Å². The fraction of sp³-hybridized carbons (Fsp3) is 0.500. The smallest absolute Gasteiger partial charge is 0.240 e. The van der Waals surface area contributed by atoms with Crippen LogP contribution >= 0.6 is 24.2 Å². The molecular weight excluding hydrogens is 280 g/mol. The predicted molar refractivity (Wildman–Crippen MR) is 80.7 cm³/mol. The van der Waals surface area contributed by atoms with E-state index >= 15 is 0 Å². The van der Waals surface area contributed by atoms with E-state index in [1.165, 1.54) is 10.5 Å². The summed E-state index contributed by atoms with van der Waals surface area (Å²) in [6.07, 6.45) is 3.70. The van der Waals surface area contributed by atoms with E-state index in [2.05, 4.69) is 17.4 Å². The second kappa shape index (κ2) is 5.73. The Morgan fingerprint density at radius 3 is 2.79 bits per heavy atom. The standard InChI is InChI=1S/C14H18N2OS.ClH/c15-14(7-3-8-14)13(17)16-11-6-9-18-12-5-2-1-4-10(11)12;/h1-2,4-5,11H,3,6-9,15H2,(H,16,17);1H. The average molecular weight is 299 g/mol. The molecular formula is C14H19ClN2OS. The predicted octanol–water partition coefficient (Wildman–Crippen LogP) is 2.64. The summed E-state index contributed by atoms with van der Waals surface area (Å²) in [6, 6.07) is 8.45. The molecule has 3 N–H and O–H groups in total. The molecule has 1 atom stereocenters. The van der Waals surface area contributed by atoms with Gasteiger partial charge in [0.05, 0.1) is 11.6 Å². The number of halogens is 1. The molecule has 5 heteroatoms. The van der Waals surface area contributed by atoms with E-state index < -0.39 is 5.54 Å². The minimum Gasteiger partial charge on any atom is -0.348 e. The Labute approximate surface area is 124 Å². The molecule has 1 fully saturated rings. The second-order valence-corrected chi connectivity index (χ2v) is 6.35. The van der Waals surface area contributed by atoms with Crippen LogP contribution in [0.4, 0.5) is 0 Å². The average Bonchev–Trinajstić information content (AvgIpc) is 2.36. The van der Waals surface area contributed by atoms with Gasteiger partial charge in [-0.3, -0.25) is 4.79 Å². The van der Waals surface area contributed by atoms with E-state index in [0.717, 1.165) is 31.4 Å². The lowest BCUT2D eigenvalue weighted by Gasteiger charge is -2.38. The highest BCUT2D eigenvalue weighted by atomic mass is 35.5. The van der Waals surface area contributed by atoms with Gasteiger partial charge in [-0.25, -0.2) is 0 Å².